The van der Waals surface area contributed by atoms with Crippen LogP contribution in [0.2, 0.25) is 0 Å². The number of aryl methyl sites for hydroxylation is 1. The number of hydrogen-bond donors (Lipinski definition) is 2. The Morgan fingerprint density at radius 1 is 1.14 bits per heavy atom. The second-order valence-corrected chi connectivity index (χ2v) is 5.53. The molecule has 1 aliphatic heterocycles. The normalized spacial score (nSPS) is 24.1. The van der Waals surface area contributed by atoms with E-state index in [2.05, 4.69) is 54.7 Å². The summed E-state index contributed by atoms with van der Waals surface area (Å²) in [7, 11) is 0. The van der Waals surface area contributed by atoms with Crippen molar-refractivity contribution in [3.63, 3.8) is 0 Å². The lowest BCUT2D eigenvalue weighted by molar-refractivity contribution is 0.151. The highest BCUT2D eigenvalue weighted by Crippen LogP contribution is 2.33. The van der Waals surface area contributed by atoms with Gasteiger partial charge in [-0.3, -0.25) is 5.32 Å². The highest BCUT2D eigenvalue weighted by atomic mass is 16.3. The first-order valence-electron chi connectivity index (χ1n) is 7.17. The lowest BCUT2D eigenvalue weighted by atomic mass is 9.78. The average Bonchev–Trinajstić information content (AvgIpc) is 2.49. The van der Waals surface area contributed by atoms with Crippen LogP contribution in [0.3, 0.4) is 0 Å². The summed E-state index contributed by atoms with van der Waals surface area (Å²) in [5.74, 6) is 0.0749. The second kappa shape index (κ2) is 5.69. The van der Waals surface area contributed by atoms with Gasteiger partial charge in [0, 0.05) is 12.0 Å². The van der Waals surface area contributed by atoms with Gasteiger partial charge in [-0.1, -0.05) is 48.5 Å². The standard InChI is InChI=1S/C18H18N2O/c1-12-4-2-3-5-15(12)13-6-8-14(9-7-13)18-16(10-19)20-17(18)11-21/h2-9,16-18,20-21H,11H2,1H3/t16-,17-,18-/m0/s1. The lowest BCUT2D eigenvalue weighted by Crippen LogP contribution is -2.60. The molecule has 0 unspecified atom stereocenters. The Balaban J connectivity index is 1.88. The topological polar surface area (TPSA) is 56.0 Å². The Kier molecular flexibility index (Phi) is 3.74. The number of benzene rings is 2. The third kappa shape index (κ3) is 2.44. The predicted octanol–water partition coefficient (Wildman–Crippen LogP) is 2.60. The number of aliphatic hydroxyl groups is 1. The van der Waals surface area contributed by atoms with E-state index >= 15 is 0 Å². The first-order valence-corrected chi connectivity index (χ1v) is 7.17. The summed E-state index contributed by atoms with van der Waals surface area (Å²) in [6.07, 6.45) is 0. The van der Waals surface area contributed by atoms with Crippen LogP contribution in [-0.4, -0.2) is 23.8 Å². The van der Waals surface area contributed by atoms with Crippen molar-refractivity contribution in [3.05, 3.63) is 59.7 Å². The fourth-order valence-electron chi connectivity index (χ4n) is 3.04. The first kappa shape index (κ1) is 13.8. The minimum atomic E-state index is -0.202. The SMILES string of the molecule is Cc1ccccc1-c1ccc([C@H]2[C@H](C#N)N[C@H]2CO)cc1. The van der Waals surface area contributed by atoms with Crippen molar-refractivity contribution in [3.8, 4) is 17.2 Å². The highest BCUT2D eigenvalue weighted by Gasteiger charge is 2.41. The molecular formula is C18H18N2O. The molecule has 3 heteroatoms. The van der Waals surface area contributed by atoms with Gasteiger partial charge in [-0.05, 0) is 29.2 Å². The molecule has 0 saturated carbocycles. The highest BCUT2D eigenvalue weighted by molar-refractivity contribution is 5.67. The summed E-state index contributed by atoms with van der Waals surface area (Å²) in [6, 6.07) is 18.7. The second-order valence-electron chi connectivity index (χ2n) is 5.53. The van der Waals surface area contributed by atoms with Crippen LogP contribution in [0.4, 0.5) is 0 Å². The molecule has 1 saturated heterocycles. The Morgan fingerprint density at radius 3 is 2.48 bits per heavy atom. The van der Waals surface area contributed by atoms with E-state index in [1.807, 2.05) is 12.1 Å². The van der Waals surface area contributed by atoms with Gasteiger partial charge in [0.2, 0.25) is 0 Å². The molecule has 0 radical (unpaired) electrons. The zero-order chi connectivity index (χ0) is 14.8. The predicted molar refractivity (Wildman–Crippen MR) is 82.8 cm³/mol. The summed E-state index contributed by atoms with van der Waals surface area (Å²) >= 11 is 0. The summed E-state index contributed by atoms with van der Waals surface area (Å²) < 4.78 is 0. The molecule has 0 aliphatic carbocycles. The number of aliphatic hydroxyl groups excluding tert-OH is 1. The van der Waals surface area contributed by atoms with E-state index in [1.54, 1.807) is 0 Å². The molecule has 2 aromatic carbocycles. The fourth-order valence-corrected chi connectivity index (χ4v) is 3.04. The van der Waals surface area contributed by atoms with Crippen LogP contribution in [0.5, 0.6) is 0 Å². The molecular weight excluding hydrogens is 260 g/mol. The smallest absolute Gasteiger partial charge is 0.104 e. The summed E-state index contributed by atoms with van der Waals surface area (Å²) in [4.78, 5) is 0. The molecule has 0 spiro atoms. The van der Waals surface area contributed by atoms with Crippen LogP contribution < -0.4 is 5.32 Å². The van der Waals surface area contributed by atoms with E-state index in [-0.39, 0.29) is 24.6 Å². The van der Waals surface area contributed by atoms with Crippen LogP contribution >= 0.6 is 0 Å². The van der Waals surface area contributed by atoms with Crippen molar-refractivity contribution < 1.29 is 5.11 Å². The molecule has 0 aromatic heterocycles. The van der Waals surface area contributed by atoms with Crippen molar-refractivity contribution in [2.45, 2.75) is 24.9 Å². The van der Waals surface area contributed by atoms with Gasteiger partial charge in [0.05, 0.1) is 12.7 Å². The molecule has 0 bridgehead atoms. The van der Waals surface area contributed by atoms with Crippen molar-refractivity contribution >= 4 is 0 Å². The van der Waals surface area contributed by atoms with Gasteiger partial charge in [-0.25, -0.2) is 0 Å². The van der Waals surface area contributed by atoms with Crippen LogP contribution in [-0.2, 0) is 0 Å². The fraction of sp³-hybridized carbons (Fsp3) is 0.278. The summed E-state index contributed by atoms with van der Waals surface area (Å²) in [5.41, 5.74) is 4.76. The van der Waals surface area contributed by atoms with Crippen LogP contribution in [0.15, 0.2) is 48.5 Å². The maximum atomic E-state index is 9.33. The summed E-state index contributed by atoms with van der Waals surface area (Å²) in [5, 5.41) is 21.5. The van der Waals surface area contributed by atoms with Crippen molar-refractivity contribution in [2.75, 3.05) is 6.61 Å². The van der Waals surface area contributed by atoms with E-state index in [4.69, 9.17) is 5.26 Å². The molecule has 1 heterocycles. The van der Waals surface area contributed by atoms with Crippen LogP contribution in [0, 0.1) is 18.3 Å². The van der Waals surface area contributed by atoms with E-state index in [1.165, 1.54) is 16.7 Å². The molecule has 0 amide bonds. The molecule has 106 valence electrons. The van der Waals surface area contributed by atoms with Gasteiger partial charge in [0.1, 0.15) is 6.04 Å². The van der Waals surface area contributed by atoms with Gasteiger partial charge >= 0.3 is 0 Å². The Bertz CT molecular complexity index is 672. The monoisotopic (exact) mass is 278 g/mol. The van der Waals surface area contributed by atoms with Gasteiger partial charge in [0.15, 0.2) is 0 Å². The van der Waals surface area contributed by atoms with E-state index in [0.29, 0.717) is 0 Å². The molecule has 3 atom stereocenters. The summed E-state index contributed by atoms with van der Waals surface area (Å²) in [6.45, 7) is 2.16. The molecule has 2 aromatic rings. The average molecular weight is 278 g/mol. The van der Waals surface area contributed by atoms with Crippen LogP contribution in [0.25, 0.3) is 11.1 Å². The minimum Gasteiger partial charge on any atom is -0.395 e. The molecule has 3 nitrogen and oxygen atoms in total. The number of nitrogens with one attached hydrogen (secondary N) is 1. The third-order valence-electron chi connectivity index (χ3n) is 4.27. The first-order chi connectivity index (χ1) is 10.2. The Labute approximate surface area is 124 Å². The largest absolute Gasteiger partial charge is 0.395 e. The van der Waals surface area contributed by atoms with Gasteiger partial charge in [-0.2, -0.15) is 5.26 Å². The molecule has 3 rings (SSSR count). The third-order valence-corrected chi connectivity index (χ3v) is 4.27. The Hall–Kier alpha value is -2.15. The van der Waals surface area contributed by atoms with Crippen molar-refractivity contribution in [2.24, 2.45) is 0 Å². The minimum absolute atomic E-state index is 0.0149. The molecule has 1 fully saturated rings. The number of rotatable bonds is 3. The zero-order valence-electron chi connectivity index (χ0n) is 12.0. The van der Waals surface area contributed by atoms with Gasteiger partial charge in [0.25, 0.3) is 0 Å². The molecule has 2 N–H and O–H groups in total. The lowest BCUT2D eigenvalue weighted by Gasteiger charge is -2.42. The Morgan fingerprint density at radius 2 is 1.86 bits per heavy atom. The van der Waals surface area contributed by atoms with Crippen LogP contribution in [0.1, 0.15) is 17.0 Å². The zero-order valence-corrected chi connectivity index (χ0v) is 12.0. The number of nitrogens with zero attached hydrogens (tertiary/aromatic N) is 1. The van der Waals surface area contributed by atoms with E-state index in [9.17, 15) is 5.11 Å². The van der Waals surface area contributed by atoms with Crippen molar-refractivity contribution in [1.29, 1.82) is 5.26 Å². The molecule has 1 aliphatic rings. The van der Waals surface area contributed by atoms with Gasteiger partial charge in [-0.15, -0.1) is 0 Å². The van der Waals surface area contributed by atoms with E-state index < -0.39 is 0 Å². The number of nitriles is 1. The van der Waals surface area contributed by atoms with E-state index in [0.717, 1.165) is 5.56 Å². The van der Waals surface area contributed by atoms with Gasteiger partial charge < -0.3 is 5.11 Å². The number of hydrogen-bond acceptors (Lipinski definition) is 3. The quantitative estimate of drug-likeness (QED) is 0.907. The van der Waals surface area contributed by atoms with Crippen molar-refractivity contribution in [1.82, 2.24) is 5.32 Å². The molecule has 21 heavy (non-hydrogen) atoms. The maximum Gasteiger partial charge on any atom is 0.104 e. The maximum absolute atomic E-state index is 9.33.